The molecule has 0 aliphatic rings. The molecule has 2 aromatic rings. The predicted molar refractivity (Wildman–Crippen MR) is 91.3 cm³/mol. The lowest BCUT2D eigenvalue weighted by molar-refractivity contribution is -0.149. The van der Waals surface area contributed by atoms with Gasteiger partial charge in [0.15, 0.2) is 0 Å². The van der Waals surface area contributed by atoms with Crippen molar-refractivity contribution in [2.45, 2.75) is 39.9 Å². The molecule has 0 fully saturated rings. The summed E-state index contributed by atoms with van der Waals surface area (Å²) in [6.07, 6.45) is 0.822. The van der Waals surface area contributed by atoms with Gasteiger partial charge in [0.1, 0.15) is 12.4 Å². The minimum absolute atomic E-state index is 0.160. The average molecular weight is 312 g/mol. The molecule has 3 heteroatoms. The van der Waals surface area contributed by atoms with E-state index in [2.05, 4.69) is 0 Å². The minimum Gasteiger partial charge on any atom is -0.491 e. The fourth-order valence-electron chi connectivity index (χ4n) is 2.28. The van der Waals surface area contributed by atoms with Crippen LogP contribution in [0.5, 0.6) is 5.75 Å². The third-order valence-electron chi connectivity index (χ3n) is 3.46. The molecule has 0 N–H and O–H groups in total. The summed E-state index contributed by atoms with van der Waals surface area (Å²) in [7, 11) is 0. The molecule has 0 bridgehead atoms. The van der Waals surface area contributed by atoms with E-state index in [9.17, 15) is 4.79 Å². The number of esters is 1. The first kappa shape index (κ1) is 17.1. The maximum Gasteiger partial charge on any atom is 0.309 e. The molecule has 0 radical (unpaired) electrons. The largest absolute Gasteiger partial charge is 0.491 e. The van der Waals surface area contributed by atoms with Crippen LogP contribution < -0.4 is 4.74 Å². The van der Waals surface area contributed by atoms with Gasteiger partial charge in [0.05, 0.1) is 12.0 Å². The number of rotatable bonds is 7. The summed E-state index contributed by atoms with van der Waals surface area (Å²) in [5.74, 6) is 0.509. The number of ether oxygens (including phenoxy) is 2. The number of carbonyl (C=O) groups excluding carboxylic acids is 1. The van der Waals surface area contributed by atoms with Gasteiger partial charge in [0.25, 0.3) is 0 Å². The second-order valence-electron chi connectivity index (χ2n) is 6.01. The van der Waals surface area contributed by atoms with Gasteiger partial charge in [0.2, 0.25) is 0 Å². The molecule has 23 heavy (non-hydrogen) atoms. The zero-order valence-electron chi connectivity index (χ0n) is 14.0. The van der Waals surface area contributed by atoms with Crippen molar-refractivity contribution < 1.29 is 14.3 Å². The van der Waals surface area contributed by atoms with Gasteiger partial charge in [-0.3, -0.25) is 4.79 Å². The number of hydrogen-bond donors (Lipinski definition) is 0. The van der Waals surface area contributed by atoms with Crippen LogP contribution in [0.1, 0.15) is 31.9 Å². The van der Waals surface area contributed by atoms with Crippen molar-refractivity contribution in [2.75, 3.05) is 0 Å². The van der Waals surface area contributed by atoms with E-state index in [1.54, 1.807) is 0 Å². The van der Waals surface area contributed by atoms with Crippen molar-refractivity contribution in [2.24, 2.45) is 5.92 Å². The molecule has 1 atom stereocenters. The van der Waals surface area contributed by atoms with Crippen molar-refractivity contribution in [3.8, 4) is 5.75 Å². The first-order valence-electron chi connectivity index (χ1n) is 8.00. The molecule has 0 saturated carbocycles. The lowest BCUT2D eigenvalue weighted by atomic mass is 10.0. The Morgan fingerprint density at radius 3 is 2.17 bits per heavy atom. The van der Waals surface area contributed by atoms with Crippen molar-refractivity contribution in [3.63, 3.8) is 0 Å². The van der Waals surface area contributed by atoms with Crippen LogP contribution in [-0.4, -0.2) is 12.1 Å². The van der Waals surface area contributed by atoms with E-state index in [0.29, 0.717) is 13.0 Å². The molecule has 0 aliphatic heterocycles. The molecule has 0 aliphatic carbocycles. The average Bonchev–Trinajstić information content (AvgIpc) is 2.55. The van der Waals surface area contributed by atoms with Gasteiger partial charge in [-0.15, -0.1) is 0 Å². The third-order valence-corrected chi connectivity index (χ3v) is 3.46. The summed E-state index contributed by atoms with van der Waals surface area (Å²) in [4.78, 5) is 12.1. The number of hydrogen-bond acceptors (Lipinski definition) is 3. The van der Waals surface area contributed by atoms with Gasteiger partial charge in [0, 0.05) is 0 Å². The highest BCUT2D eigenvalue weighted by molar-refractivity contribution is 5.72. The molecule has 3 nitrogen and oxygen atoms in total. The van der Waals surface area contributed by atoms with E-state index in [4.69, 9.17) is 9.47 Å². The second-order valence-corrected chi connectivity index (χ2v) is 6.01. The summed E-state index contributed by atoms with van der Waals surface area (Å²) < 4.78 is 11.0. The monoisotopic (exact) mass is 312 g/mol. The van der Waals surface area contributed by atoms with Crippen LogP contribution in [-0.2, 0) is 22.6 Å². The van der Waals surface area contributed by atoms with E-state index < -0.39 is 0 Å². The molecular weight excluding hydrogens is 288 g/mol. The Bertz CT molecular complexity index is 603. The molecule has 0 heterocycles. The van der Waals surface area contributed by atoms with Gasteiger partial charge in [-0.25, -0.2) is 0 Å². The SMILES string of the molecule is CC(C)Oc1ccc(CC(C)C(=O)OCc2ccccc2)cc1. The Labute approximate surface area is 138 Å². The van der Waals surface area contributed by atoms with Crippen LogP contribution in [0.4, 0.5) is 0 Å². The molecule has 2 aromatic carbocycles. The summed E-state index contributed by atoms with van der Waals surface area (Å²) in [5.41, 5.74) is 2.11. The number of carbonyl (C=O) groups is 1. The van der Waals surface area contributed by atoms with Crippen molar-refractivity contribution in [1.29, 1.82) is 0 Å². The molecule has 122 valence electrons. The Balaban J connectivity index is 1.83. The summed E-state index contributed by atoms with van der Waals surface area (Å²) in [5, 5.41) is 0. The summed E-state index contributed by atoms with van der Waals surface area (Å²) in [6.45, 7) is 6.22. The van der Waals surface area contributed by atoms with Gasteiger partial charge in [-0.05, 0) is 43.5 Å². The van der Waals surface area contributed by atoms with Crippen molar-refractivity contribution in [1.82, 2.24) is 0 Å². The van der Waals surface area contributed by atoms with Gasteiger partial charge in [-0.1, -0.05) is 49.4 Å². The van der Waals surface area contributed by atoms with Crippen molar-refractivity contribution in [3.05, 3.63) is 65.7 Å². The molecular formula is C20H24O3. The Hall–Kier alpha value is -2.29. The fourth-order valence-corrected chi connectivity index (χ4v) is 2.28. The highest BCUT2D eigenvalue weighted by atomic mass is 16.5. The molecule has 1 unspecified atom stereocenters. The third kappa shape index (κ3) is 5.78. The van der Waals surface area contributed by atoms with Crippen LogP contribution in [0.15, 0.2) is 54.6 Å². The van der Waals surface area contributed by atoms with Gasteiger partial charge < -0.3 is 9.47 Å². The zero-order chi connectivity index (χ0) is 16.7. The highest BCUT2D eigenvalue weighted by Crippen LogP contribution is 2.17. The standard InChI is InChI=1S/C20H24O3/c1-15(2)23-19-11-9-17(10-12-19)13-16(3)20(21)22-14-18-7-5-4-6-8-18/h4-12,15-16H,13-14H2,1-3H3. The lowest BCUT2D eigenvalue weighted by Gasteiger charge is -2.13. The molecule has 0 amide bonds. The molecule has 0 aromatic heterocycles. The predicted octanol–water partition coefficient (Wildman–Crippen LogP) is 4.40. The second kappa shape index (κ2) is 8.37. The van der Waals surface area contributed by atoms with Crippen LogP contribution >= 0.6 is 0 Å². The van der Waals surface area contributed by atoms with E-state index in [0.717, 1.165) is 16.9 Å². The summed E-state index contributed by atoms with van der Waals surface area (Å²) in [6, 6.07) is 17.6. The first-order valence-corrected chi connectivity index (χ1v) is 8.00. The van der Waals surface area contributed by atoms with E-state index in [1.165, 1.54) is 0 Å². The Morgan fingerprint density at radius 2 is 1.57 bits per heavy atom. The highest BCUT2D eigenvalue weighted by Gasteiger charge is 2.15. The van der Waals surface area contributed by atoms with E-state index in [-0.39, 0.29) is 18.0 Å². The Morgan fingerprint density at radius 1 is 0.913 bits per heavy atom. The van der Waals surface area contributed by atoms with E-state index >= 15 is 0 Å². The van der Waals surface area contributed by atoms with Crippen LogP contribution in [0.3, 0.4) is 0 Å². The minimum atomic E-state index is -0.171. The maximum absolute atomic E-state index is 12.1. The first-order chi connectivity index (χ1) is 11.0. The van der Waals surface area contributed by atoms with Crippen LogP contribution in [0.25, 0.3) is 0 Å². The smallest absolute Gasteiger partial charge is 0.309 e. The van der Waals surface area contributed by atoms with Gasteiger partial charge in [-0.2, -0.15) is 0 Å². The Kier molecular flexibility index (Phi) is 6.21. The zero-order valence-corrected chi connectivity index (χ0v) is 14.0. The van der Waals surface area contributed by atoms with Crippen LogP contribution in [0, 0.1) is 5.92 Å². The molecule has 0 spiro atoms. The molecule has 0 saturated heterocycles. The quantitative estimate of drug-likeness (QED) is 0.711. The fraction of sp³-hybridized carbons (Fsp3) is 0.350. The molecule has 2 rings (SSSR count). The van der Waals surface area contributed by atoms with Crippen LogP contribution in [0.2, 0.25) is 0 Å². The number of benzene rings is 2. The lowest BCUT2D eigenvalue weighted by Crippen LogP contribution is -2.17. The maximum atomic E-state index is 12.1. The van der Waals surface area contributed by atoms with E-state index in [1.807, 2.05) is 75.4 Å². The van der Waals surface area contributed by atoms with Gasteiger partial charge >= 0.3 is 5.97 Å². The van der Waals surface area contributed by atoms with Crippen molar-refractivity contribution >= 4 is 5.97 Å². The topological polar surface area (TPSA) is 35.5 Å². The summed E-state index contributed by atoms with van der Waals surface area (Å²) >= 11 is 0. The normalized spacial score (nSPS) is 12.0.